The van der Waals surface area contributed by atoms with Crippen molar-refractivity contribution in [3.63, 3.8) is 0 Å². The van der Waals surface area contributed by atoms with Crippen molar-refractivity contribution >= 4 is 11.7 Å². The molecule has 4 rings (SSSR count). The van der Waals surface area contributed by atoms with Crippen molar-refractivity contribution in [2.24, 2.45) is 5.92 Å². The molecule has 2 atom stereocenters. The number of benzene rings is 1. The van der Waals surface area contributed by atoms with Gasteiger partial charge in [0, 0.05) is 23.4 Å². The van der Waals surface area contributed by atoms with Crippen LogP contribution in [-0.4, -0.2) is 32.9 Å². The fourth-order valence-electron chi connectivity index (χ4n) is 4.65. The normalized spacial score (nSPS) is 17.7. The van der Waals surface area contributed by atoms with Crippen molar-refractivity contribution in [3.05, 3.63) is 77.5 Å². The molecular weight excluding hydrogens is 466 g/mol. The summed E-state index contributed by atoms with van der Waals surface area (Å²) >= 11 is 0. The molecule has 1 amide bonds. The van der Waals surface area contributed by atoms with E-state index in [4.69, 9.17) is 4.42 Å². The molecular formula is C27H28F2N4O3. The predicted molar refractivity (Wildman–Crippen MR) is 130 cm³/mol. The monoisotopic (exact) mass is 494 g/mol. The van der Waals surface area contributed by atoms with Crippen molar-refractivity contribution < 1.29 is 22.8 Å². The van der Waals surface area contributed by atoms with Crippen LogP contribution >= 0.6 is 0 Å². The third kappa shape index (κ3) is 5.72. The van der Waals surface area contributed by atoms with E-state index in [2.05, 4.69) is 27.1 Å². The van der Waals surface area contributed by atoms with Crippen LogP contribution < -0.4 is 5.32 Å². The van der Waals surface area contributed by atoms with Crippen molar-refractivity contribution in [1.29, 1.82) is 0 Å². The number of halogens is 2. The second kappa shape index (κ2) is 11.3. The van der Waals surface area contributed by atoms with Crippen LogP contribution in [0.4, 0.5) is 8.78 Å². The second-order valence-electron chi connectivity index (χ2n) is 8.95. The summed E-state index contributed by atoms with van der Waals surface area (Å²) in [6, 6.07) is 10.1. The standard InChI is InChI=1S/C27H28F2N4O3/c1-3-17-11-12-19(26-32-33-27(36-26)24(28)29)15-20(17)23(34)16(2)14-18-8-4-5-9-21(18)31-25(35)22-10-6-7-13-30-22/h6-7,10-13,15,18,21,24H,2-5,8-9,14H2,1H3,(H,31,35)/t18?,21-/m1/s1. The van der Waals surface area contributed by atoms with Crippen molar-refractivity contribution in [3.8, 4) is 11.5 Å². The largest absolute Gasteiger partial charge is 0.415 e. The van der Waals surface area contributed by atoms with Gasteiger partial charge in [0.1, 0.15) is 5.69 Å². The van der Waals surface area contributed by atoms with Gasteiger partial charge in [0.2, 0.25) is 5.89 Å². The van der Waals surface area contributed by atoms with Crippen LogP contribution in [0.1, 0.15) is 77.8 Å². The molecule has 0 bridgehead atoms. The molecule has 7 nitrogen and oxygen atoms in total. The van der Waals surface area contributed by atoms with Crippen LogP contribution in [0.5, 0.6) is 0 Å². The van der Waals surface area contributed by atoms with E-state index in [1.165, 1.54) is 0 Å². The van der Waals surface area contributed by atoms with E-state index in [1.807, 2.05) is 6.92 Å². The van der Waals surface area contributed by atoms with Crippen LogP contribution in [0.3, 0.4) is 0 Å². The van der Waals surface area contributed by atoms with E-state index in [0.29, 0.717) is 35.2 Å². The Morgan fingerprint density at radius 3 is 2.67 bits per heavy atom. The number of amides is 1. The summed E-state index contributed by atoms with van der Waals surface area (Å²) in [7, 11) is 0. The average Bonchev–Trinajstić information content (AvgIpc) is 3.40. The lowest BCUT2D eigenvalue weighted by atomic mass is 9.79. The first-order valence-electron chi connectivity index (χ1n) is 12.1. The van der Waals surface area contributed by atoms with Gasteiger partial charge in [-0.05, 0) is 67.0 Å². The lowest BCUT2D eigenvalue weighted by Crippen LogP contribution is -2.42. The lowest BCUT2D eigenvalue weighted by Gasteiger charge is -2.32. The Kier molecular flexibility index (Phi) is 7.97. The minimum atomic E-state index is -2.87. The van der Waals surface area contributed by atoms with Gasteiger partial charge in [-0.2, -0.15) is 8.78 Å². The molecule has 1 aromatic carbocycles. The van der Waals surface area contributed by atoms with Crippen LogP contribution in [0.25, 0.3) is 11.5 Å². The van der Waals surface area contributed by atoms with Gasteiger partial charge in [-0.1, -0.05) is 38.5 Å². The molecule has 188 valence electrons. The number of aromatic nitrogens is 3. The maximum Gasteiger partial charge on any atom is 0.314 e. The SMILES string of the molecule is C=C(CC1CCCC[C@H]1NC(=O)c1ccccn1)C(=O)c1cc(-c2nnc(C(F)F)o2)ccc1CC. The highest BCUT2D eigenvalue weighted by Gasteiger charge is 2.29. The minimum absolute atomic E-state index is 0.0701. The molecule has 1 saturated carbocycles. The summed E-state index contributed by atoms with van der Waals surface area (Å²) in [5, 5.41) is 10.1. The smallest absolute Gasteiger partial charge is 0.314 e. The Bertz CT molecular complexity index is 1240. The topological polar surface area (TPSA) is 98.0 Å². The molecule has 0 spiro atoms. The number of pyridine rings is 1. The molecule has 3 aromatic rings. The van der Waals surface area contributed by atoms with Crippen molar-refractivity contribution in [2.45, 2.75) is 57.9 Å². The number of aryl methyl sites for hydroxylation is 1. The fraction of sp³-hybridized carbons (Fsp3) is 0.370. The van der Waals surface area contributed by atoms with Gasteiger partial charge in [-0.25, -0.2) is 0 Å². The third-order valence-corrected chi connectivity index (χ3v) is 6.56. The quantitative estimate of drug-likeness (QED) is 0.300. The van der Waals surface area contributed by atoms with Gasteiger partial charge in [0.05, 0.1) is 0 Å². The van der Waals surface area contributed by atoms with Gasteiger partial charge >= 0.3 is 6.43 Å². The first-order valence-corrected chi connectivity index (χ1v) is 12.1. The Morgan fingerprint density at radius 1 is 1.17 bits per heavy atom. The van der Waals surface area contributed by atoms with E-state index in [-0.39, 0.29) is 29.5 Å². The number of hydrogen-bond donors (Lipinski definition) is 1. The molecule has 0 radical (unpaired) electrons. The number of carbonyl (C=O) groups is 2. The van der Waals surface area contributed by atoms with Crippen LogP contribution in [0, 0.1) is 5.92 Å². The highest BCUT2D eigenvalue weighted by atomic mass is 19.3. The molecule has 1 aliphatic carbocycles. The zero-order valence-corrected chi connectivity index (χ0v) is 20.0. The van der Waals surface area contributed by atoms with E-state index in [1.54, 1.807) is 42.6 Å². The number of hydrogen-bond acceptors (Lipinski definition) is 6. The Morgan fingerprint density at radius 2 is 1.97 bits per heavy atom. The molecule has 2 heterocycles. The highest BCUT2D eigenvalue weighted by Crippen LogP contribution is 2.32. The molecule has 1 aliphatic rings. The van der Waals surface area contributed by atoms with Gasteiger partial charge in [-0.15, -0.1) is 10.2 Å². The summed E-state index contributed by atoms with van der Waals surface area (Å²) < 4.78 is 30.8. The zero-order valence-electron chi connectivity index (χ0n) is 20.0. The summed E-state index contributed by atoms with van der Waals surface area (Å²) in [4.78, 5) is 30.3. The van der Waals surface area contributed by atoms with E-state index in [9.17, 15) is 18.4 Å². The predicted octanol–water partition coefficient (Wildman–Crippen LogP) is 5.75. The van der Waals surface area contributed by atoms with Crippen LogP contribution in [0.2, 0.25) is 0 Å². The van der Waals surface area contributed by atoms with Gasteiger partial charge in [0.25, 0.3) is 11.8 Å². The van der Waals surface area contributed by atoms with Crippen LogP contribution in [-0.2, 0) is 6.42 Å². The maximum atomic E-state index is 13.5. The summed E-state index contributed by atoms with van der Waals surface area (Å²) in [6.07, 6.45) is 3.46. The molecule has 1 fully saturated rings. The summed E-state index contributed by atoms with van der Waals surface area (Å²) in [6.45, 7) is 6.01. The van der Waals surface area contributed by atoms with Gasteiger partial charge in [-0.3, -0.25) is 14.6 Å². The number of carbonyl (C=O) groups excluding carboxylic acids is 2. The number of nitrogens with one attached hydrogen (secondary N) is 1. The molecule has 1 unspecified atom stereocenters. The Labute approximate surface area is 208 Å². The first kappa shape index (κ1) is 25.3. The van der Waals surface area contributed by atoms with Crippen molar-refractivity contribution in [1.82, 2.24) is 20.5 Å². The summed E-state index contributed by atoms with van der Waals surface area (Å²) in [5.41, 5.74) is 2.42. The number of nitrogens with zero attached hydrogens (tertiary/aromatic N) is 3. The molecule has 9 heteroatoms. The van der Waals surface area contributed by atoms with Crippen molar-refractivity contribution in [2.75, 3.05) is 0 Å². The number of Topliss-reactive ketones (excluding diaryl/α,β-unsaturated/α-hetero) is 1. The molecule has 1 N–H and O–H groups in total. The van der Waals surface area contributed by atoms with E-state index >= 15 is 0 Å². The van der Waals surface area contributed by atoms with Crippen LogP contribution in [0.15, 0.2) is 59.2 Å². The number of alkyl halides is 2. The Balaban J connectivity index is 1.50. The molecule has 36 heavy (non-hydrogen) atoms. The first-order chi connectivity index (χ1) is 17.4. The fourth-order valence-corrected chi connectivity index (χ4v) is 4.65. The second-order valence-corrected chi connectivity index (χ2v) is 8.95. The van der Waals surface area contributed by atoms with E-state index < -0.39 is 12.3 Å². The molecule has 2 aromatic heterocycles. The minimum Gasteiger partial charge on any atom is -0.415 e. The van der Waals surface area contributed by atoms with E-state index in [0.717, 1.165) is 31.2 Å². The molecule has 0 aliphatic heterocycles. The van der Waals surface area contributed by atoms with Gasteiger partial charge < -0.3 is 9.73 Å². The number of rotatable bonds is 9. The van der Waals surface area contributed by atoms with Gasteiger partial charge in [0.15, 0.2) is 5.78 Å². The lowest BCUT2D eigenvalue weighted by molar-refractivity contribution is 0.0899. The number of ketones is 1. The number of allylic oxidation sites excluding steroid dienone is 1. The average molecular weight is 495 g/mol. The zero-order chi connectivity index (χ0) is 25.7. The molecule has 0 saturated heterocycles. The summed E-state index contributed by atoms with van der Waals surface area (Å²) in [5.74, 6) is -1.22. The third-order valence-electron chi connectivity index (χ3n) is 6.56. The Hall–Kier alpha value is -3.75. The highest BCUT2D eigenvalue weighted by molar-refractivity contribution is 6.09. The maximum absolute atomic E-state index is 13.5.